The minimum Gasteiger partial charge on any atom is -0.479 e. The van der Waals surface area contributed by atoms with Crippen molar-refractivity contribution in [3.63, 3.8) is 0 Å². The van der Waals surface area contributed by atoms with Crippen LogP contribution in [0.4, 0.5) is 11.6 Å². The molecule has 0 aliphatic heterocycles. The highest BCUT2D eigenvalue weighted by Crippen LogP contribution is 2.34. The Morgan fingerprint density at radius 1 is 1.00 bits per heavy atom. The molecule has 2 heterocycles. The third kappa shape index (κ3) is 7.36. The first kappa shape index (κ1) is 29.6. The van der Waals surface area contributed by atoms with E-state index >= 15 is 0 Å². The van der Waals surface area contributed by atoms with E-state index in [9.17, 15) is 9.59 Å². The number of amides is 2. The molecular weight excluding hydrogens is 518 g/mol. The average Bonchev–Trinajstić information content (AvgIpc) is 3.33. The van der Waals surface area contributed by atoms with Gasteiger partial charge in [-0.1, -0.05) is 37.0 Å². The Morgan fingerprint density at radius 3 is 2.18 bits per heavy atom. The van der Waals surface area contributed by atoms with Gasteiger partial charge in [0.25, 0.3) is 11.9 Å². The van der Waals surface area contributed by atoms with Crippen LogP contribution in [-0.4, -0.2) is 76.2 Å². The second-order valence-electron chi connectivity index (χ2n) is 10.3. The van der Waals surface area contributed by atoms with Gasteiger partial charge in [0.1, 0.15) is 5.75 Å². The van der Waals surface area contributed by atoms with Gasteiger partial charge in [-0.15, -0.1) is 0 Å². The number of aryl methyl sites for hydroxylation is 1. The molecule has 12 heteroatoms. The van der Waals surface area contributed by atoms with Gasteiger partial charge in [0.05, 0.1) is 22.3 Å². The number of rotatable bonds is 11. The number of hydrogen-bond donors (Lipinski definition) is 1. The lowest BCUT2D eigenvalue weighted by molar-refractivity contribution is -0.116. The number of aromatic nitrogens is 2. The Bertz CT molecular complexity index is 1310. The number of methoxy groups -OCH3 is 2. The summed E-state index contributed by atoms with van der Waals surface area (Å²) in [4.78, 5) is 37.4. The zero-order chi connectivity index (χ0) is 28.9. The van der Waals surface area contributed by atoms with Gasteiger partial charge in [-0.3, -0.25) is 14.5 Å². The van der Waals surface area contributed by atoms with Crippen molar-refractivity contribution in [2.24, 2.45) is 0 Å². The predicted octanol–water partition coefficient (Wildman–Crippen LogP) is 3.90. The molecule has 0 radical (unpaired) electrons. The molecule has 3 aromatic rings. The fourth-order valence-corrected chi connectivity index (χ4v) is 4.74. The summed E-state index contributed by atoms with van der Waals surface area (Å²) >= 11 is 0. The van der Waals surface area contributed by atoms with Crippen molar-refractivity contribution in [3.05, 3.63) is 41.7 Å². The quantitative estimate of drug-likeness (QED) is 0.351. The molecule has 0 spiro atoms. The van der Waals surface area contributed by atoms with Crippen molar-refractivity contribution in [2.75, 3.05) is 51.6 Å². The number of furan rings is 1. The van der Waals surface area contributed by atoms with E-state index in [1.54, 1.807) is 6.07 Å². The van der Waals surface area contributed by atoms with Crippen LogP contribution in [0.25, 0.3) is 0 Å². The van der Waals surface area contributed by atoms with Crippen molar-refractivity contribution in [1.82, 2.24) is 14.9 Å². The maximum absolute atomic E-state index is 13.1. The minimum atomic E-state index is -1.54. The molecule has 11 nitrogen and oxygen atoms in total. The van der Waals surface area contributed by atoms with Gasteiger partial charge >= 0.3 is 0 Å². The van der Waals surface area contributed by atoms with Gasteiger partial charge in [-0.05, 0) is 38.7 Å². The predicted molar refractivity (Wildman–Crippen MR) is 153 cm³/mol. The molecule has 0 unspecified atom stereocenters. The molecule has 1 aromatic carbocycles. The molecule has 0 fully saturated rings. The SMILES string of the molecule is COc1nc(N(CCN(C)C)C(C)=O)nc(OC)c1NC(=O)c1ccc(Oc2cc([Si](C)(C)C)ccc2C)o1. The second kappa shape index (κ2) is 12.3. The van der Waals surface area contributed by atoms with Gasteiger partial charge in [0, 0.05) is 26.1 Å². The Morgan fingerprint density at radius 2 is 1.64 bits per heavy atom. The highest BCUT2D eigenvalue weighted by molar-refractivity contribution is 6.88. The van der Waals surface area contributed by atoms with Crippen LogP contribution in [0.2, 0.25) is 19.6 Å². The highest BCUT2D eigenvalue weighted by Gasteiger charge is 2.25. The Hall–Kier alpha value is -3.90. The Kier molecular flexibility index (Phi) is 9.35. The number of carbonyl (C=O) groups is 2. The summed E-state index contributed by atoms with van der Waals surface area (Å²) in [5.41, 5.74) is 1.05. The zero-order valence-electron chi connectivity index (χ0n) is 24.0. The summed E-state index contributed by atoms with van der Waals surface area (Å²) in [6, 6.07) is 9.27. The molecule has 1 N–H and O–H groups in total. The van der Waals surface area contributed by atoms with Crippen LogP contribution in [0.3, 0.4) is 0 Å². The molecule has 0 atom stereocenters. The summed E-state index contributed by atoms with van der Waals surface area (Å²) in [6.07, 6.45) is 0. The third-order valence-corrected chi connectivity index (χ3v) is 7.96. The van der Waals surface area contributed by atoms with E-state index in [1.165, 1.54) is 37.3 Å². The molecule has 3 rings (SSSR count). The summed E-state index contributed by atoms with van der Waals surface area (Å²) in [6.45, 7) is 11.1. The normalized spacial score (nSPS) is 11.3. The first-order valence-electron chi connectivity index (χ1n) is 12.5. The van der Waals surface area contributed by atoms with Gasteiger partial charge in [0.15, 0.2) is 11.4 Å². The standard InChI is InChI=1S/C27H37N5O6Si/c1-17-10-11-19(39(7,8)9)16-21(17)38-22-13-12-20(37-22)24(34)28-23-25(35-5)29-27(30-26(23)36-6)32(18(2)33)15-14-31(3)4/h10-13,16H,14-15H2,1-9H3,(H,28,34). The molecule has 2 aromatic heterocycles. The summed E-state index contributed by atoms with van der Waals surface area (Å²) in [5, 5.41) is 3.94. The number of likely N-dealkylation sites (N-methyl/N-ethyl adjacent to an activating group) is 1. The number of nitrogens with zero attached hydrogens (tertiary/aromatic N) is 4. The largest absolute Gasteiger partial charge is 0.479 e. The van der Waals surface area contributed by atoms with E-state index in [2.05, 4.69) is 41.0 Å². The van der Waals surface area contributed by atoms with Gasteiger partial charge in [-0.25, -0.2) is 0 Å². The number of nitrogens with one attached hydrogen (secondary N) is 1. The van der Waals surface area contributed by atoms with E-state index in [-0.39, 0.29) is 41.0 Å². The van der Waals surface area contributed by atoms with Crippen molar-refractivity contribution in [1.29, 1.82) is 0 Å². The number of ether oxygens (including phenoxy) is 3. The maximum Gasteiger partial charge on any atom is 0.291 e. The first-order chi connectivity index (χ1) is 18.3. The fraction of sp³-hybridized carbons (Fsp3) is 0.407. The van der Waals surface area contributed by atoms with Crippen LogP contribution in [-0.2, 0) is 4.79 Å². The summed E-state index contributed by atoms with van der Waals surface area (Å²) < 4.78 is 22.5. The van der Waals surface area contributed by atoms with E-state index in [4.69, 9.17) is 18.6 Å². The van der Waals surface area contributed by atoms with E-state index < -0.39 is 14.0 Å². The van der Waals surface area contributed by atoms with Crippen LogP contribution in [0.5, 0.6) is 23.5 Å². The zero-order valence-corrected chi connectivity index (χ0v) is 25.0. The second-order valence-corrected chi connectivity index (χ2v) is 15.4. The van der Waals surface area contributed by atoms with Gasteiger partial charge < -0.3 is 28.8 Å². The van der Waals surface area contributed by atoms with Crippen LogP contribution < -0.4 is 29.6 Å². The van der Waals surface area contributed by atoms with E-state index in [0.717, 1.165) is 5.56 Å². The monoisotopic (exact) mass is 555 g/mol. The molecule has 210 valence electrons. The maximum atomic E-state index is 13.1. The van der Waals surface area contributed by atoms with Crippen molar-refractivity contribution >= 4 is 36.7 Å². The highest BCUT2D eigenvalue weighted by atomic mass is 28.3. The van der Waals surface area contributed by atoms with Crippen LogP contribution in [0, 0.1) is 6.92 Å². The number of carbonyl (C=O) groups excluding carboxylic acids is 2. The van der Waals surface area contributed by atoms with E-state index in [1.807, 2.05) is 38.1 Å². The molecule has 2 amide bonds. The summed E-state index contributed by atoms with van der Waals surface area (Å²) in [5.74, 6) is 0.195. The molecule has 0 bridgehead atoms. The van der Waals surface area contributed by atoms with Gasteiger partial charge in [-0.2, -0.15) is 9.97 Å². The number of benzene rings is 1. The lowest BCUT2D eigenvalue weighted by atomic mass is 10.2. The first-order valence-corrected chi connectivity index (χ1v) is 16.0. The van der Waals surface area contributed by atoms with Crippen molar-refractivity contribution in [2.45, 2.75) is 33.5 Å². The summed E-state index contributed by atoms with van der Waals surface area (Å²) in [7, 11) is 5.05. The van der Waals surface area contributed by atoms with Crippen molar-refractivity contribution < 1.29 is 28.2 Å². The topological polar surface area (TPSA) is 119 Å². The molecule has 39 heavy (non-hydrogen) atoms. The fourth-order valence-electron chi connectivity index (χ4n) is 3.59. The molecule has 0 aliphatic rings. The average molecular weight is 556 g/mol. The Labute approximate surface area is 230 Å². The number of hydrogen-bond acceptors (Lipinski definition) is 9. The van der Waals surface area contributed by atoms with Crippen LogP contribution in [0.15, 0.2) is 34.7 Å². The number of anilines is 2. The van der Waals surface area contributed by atoms with Crippen LogP contribution >= 0.6 is 0 Å². The molecular formula is C27H37N5O6Si. The van der Waals surface area contributed by atoms with Gasteiger partial charge in [0.2, 0.25) is 23.6 Å². The lowest BCUT2D eigenvalue weighted by Gasteiger charge is -2.22. The van der Waals surface area contributed by atoms with E-state index in [0.29, 0.717) is 18.8 Å². The third-order valence-electron chi connectivity index (χ3n) is 5.92. The molecule has 0 aliphatic carbocycles. The molecule has 0 saturated heterocycles. The van der Waals surface area contributed by atoms with Crippen LogP contribution in [0.1, 0.15) is 23.0 Å². The smallest absolute Gasteiger partial charge is 0.291 e. The molecule has 0 saturated carbocycles. The van der Waals surface area contributed by atoms with Crippen molar-refractivity contribution in [3.8, 4) is 23.5 Å². The Balaban J connectivity index is 1.85. The minimum absolute atomic E-state index is 0.00790. The lowest BCUT2D eigenvalue weighted by Crippen LogP contribution is -2.37.